The summed E-state index contributed by atoms with van der Waals surface area (Å²) in [6.07, 6.45) is 12.1. The second kappa shape index (κ2) is 15.1. The van der Waals surface area contributed by atoms with Gasteiger partial charge >= 0.3 is 12.1 Å². The molecule has 0 saturated carbocycles. The molecule has 0 spiro atoms. The molecule has 0 atom stereocenters. The summed E-state index contributed by atoms with van der Waals surface area (Å²) in [6, 6.07) is 0. The van der Waals surface area contributed by atoms with Crippen LogP contribution in [0.4, 0.5) is 4.79 Å². The van der Waals surface area contributed by atoms with E-state index in [4.69, 9.17) is 0 Å². The molecular weight excluding hydrogens is 270 g/mol. The van der Waals surface area contributed by atoms with Crippen LogP contribution in [-0.2, 0) is 14.3 Å². The summed E-state index contributed by atoms with van der Waals surface area (Å²) in [5.74, 6) is -0.552. The second-order valence-electron chi connectivity index (χ2n) is 5.26. The molecule has 5 nitrogen and oxygen atoms in total. The van der Waals surface area contributed by atoms with Crippen LogP contribution in [0.5, 0.6) is 0 Å². The normalized spacial score (nSPS) is 10.2. The number of esters is 1. The van der Waals surface area contributed by atoms with Gasteiger partial charge in [-0.15, -0.1) is 0 Å². The van der Waals surface area contributed by atoms with Crippen molar-refractivity contribution in [3.8, 4) is 0 Å². The van der Waals surface area contributed by atoms with Crippen LogP contribution >= 0.6 is 0 Å². The number of rotatable bonds is 13. The maximum atomic E-state index is 11.2. The summed E-state index contributed by atoms with van der Waals surface area (Å²) in [7, 11) is 1.26. The lowest BCUT2D eigenvalue weighted by Gasteiger charge is -2.06. The minimum absolute atomic E-state index is 0.333. The summed E-state index contributed by atoms with van der Waals surface area (Å²) in [4.78, 5) is 21.9. The first-order chi connectivity index (χ1) is 10.2. The van der Waals surface area contributed by atoms with Crippen molar-refractivity contribution >= 4 is 12.1 Å². The molecule has 0 aromatic heterocycles. The first-order valence-electron chi connectivity index (χ1n) is 8.18. The number of hydrogen-bond donors (Lipinski definition) is 1. The number of alkyl carbamates (subject to hydrolysis) is 1. The van der Waals surface area contributed by atoms with Gasteiger partial charge in [0.05, 0.1) is 7.11 Å². The van der Waals surface area contributed by atoms with Gasteiger partial charge in [0.1, 0.15) is 0 Å². The molecule has 0 aliphatic carbocycles. The number of amides is 1. The third kappa shape index (κ3) is 15.0. The zero-order valence-corrected chi connectivity index (χ0v) is 13.6. The molecule has 21 heavy (non-hydrogen) atoms. The molecule has 0 heterocycles. The molecule has 0 aromatic carbocycles. The van der Waals surface area contributed by atoms with Crippen LogP contribution in [0.15, 0.2) is 0 Å². The van der Waals surface area contributed by atoms with Crippen LogP contribution in [0.3, 0.4) is 0 Å². The SMILES string of the molecule is CCCCCCCCCCCCNC(=O)OCC(=O)OC. The third-order valence-corrected chi connectivity index (χ3v) is 3.35. The Morgan fingerprint density at radius 2 is 1.38 bits per heavy atom. The van der Waals surface area contributed by atoms with Crippen molar-refractivity contribution in [3.63, 3.8) is 0 Å². The number of carbonyl (C=O) groups is 2. The van der Waals surface area contributed by atoms with Gasteiger partial charge < -0.3 is 14.8 Å². The summed E-state index contributed by atoms with van der Waals surface area (Å²) < 4.78 is 9.03. The van der Waals surface area contributed by atoms with Crippen molar-refractivity contribution in [2.45, 2.75) is 71.1 Å². The molecule has 0 aliphatic heterocycles. The molecule has 0 bridgehead atoms. The summed E-state index contributed by atoms with van der Waals surface area (Å²) in [5.41, 5.74) is 0. The molecule has 0 radical (unpaired) electrons. The highest BCUT2D eigenvalue weighted by molar-refractivity contribution is 5.75. The third-order valence-electron chi connectivity index (χ3n) is 3.35. The average molecular weight is 301 g/mol. The fourth-order valence-electron chi connectivity index (χ4n) is 2.04. The van der Waals surface area contributed by atoms with Gasteiger partial charge in [0.2, 0.25) is 0 Å². The molecule has 5 heteroatoms. The van der Waals surface area contributed by atoms with Crippen LogP contribution < -0.4 is 5.32 Å². The van der Waals surface area contributed by atoms with E-state index >= 15 is 0 Å². The molecule has 0 fully saturated rings. The van der Waals surface area contributed by atoms with E-state index < -0.39 is 12.1 Å². The van der Waals surface area contributed by atoms with E-state index in [1.165, 1.54) is 58.5 Å². The van der Waals surface area contributed by atoms with E-state index in [1.54, 1.807) is 0 Å². The molecule has 1 N–H and O–H groups in total. The highest BCUT2D eigenvalue weighted by Crippen LogP contribution is 2.10. The minimum Gasteiger partial charge on any atom is -0.466 e. The number of unbranched alkanes of at least 4 members (excludes halogenated alkanes) is 9. The molecule has 1 amide bonds. The van der Waals surface area contributed by atoms with Gasteiger partial charge in [-0.05, 0) is 6.42 Å². The lowest BCUT2D eigenvalue weighted by atomic mass is 10.1. The lowest BCUT2D eigenvalue weighted by Crippen LogP contribution is -2.27. The molecule has 0 unspecified atom stereocenters. The standard InChI is InChI=1S/C16H31NO4/c1-3-4-5-6-7-8-9-10-11-12-13-17-16(19)21-14-15(18)20-2/h3-14H2,1-2H3,(H,17,19). The van der Waals surface area contributed by atoms with Crippen LogP contribution in [0, 0.1) is 0 Å². The van der Waals surface area contributed by atoms with Crippen LogP contribution in [0.25, 0.3) is 0 Å². The van der Waals surface area contributed by atoms with Crippen molar-refractivity contribution in [1.82, 2.24) is 5.32 Å². The van der Waals surface area contributed by atoms with E-state index in [1.807, 2.05) is 0 Å². The van der Waals surface area contributed by atoms with Gasteiger partial charge in [-0.1, -0.05) is 64.7 Å². The second-order valence-corrected chi connectivity index (χ2v) is 5.26. The maximum absolute atomic E-state index is 11.2. The Balaban J connectivity index is 3.18. The van der Waals surface area contributed by atoms with Crippen LogP contribution in [0.2, 0.25) is 0 Å². The van der Waals surface area contributed by atoms with Gasteiger partial charge in [-0.2, -0.15) is 0 Å². The van der Waals surface area contributed by atoms with E-state index in [2.05, 4.69) is 21.7 Å². The summed E-state index contributed by atoms with van der Waals surface area (Å²) >= 11 is 0. The largest absolute Gasteiger partial charge is 0.466 e. The van der Waals surface area contributed by atoms with Gasteiger partial charge in [0.25, 0.3) is 0 Å². The van der Waals surface area contributed by atoms with Crippen molar-refractivity contribution in [3.05, 3.63) is 0 Å². The molecule has 0 aliphatic rings. The quantitative estimate of drug-likeness (QED) is 0.415. The first-order valence-corrected chi connectivity index (χ1v) is 8.18. The Morgan fingerprint density at radius 1 is 0.857 bits per heavy atom. The number of methoxy groups -OCH3 is 1. The Kier molecular flexibility index (Phi) is 14.2. The first kappa shape index (κ1) is 19.7. The maximum Gasteiger partial charge on any atom is 0.407 e. The highest BCUT2D eigenvalue weighted by atomic mass is 16.6. The average Bonchev–Trinajstić information content (AvgIpc) is 2.50. The van der Waals surface area contributed by atoms with Gasteiger partial charge in [0, 0.05) is 6.54 Å². The zero-order chi connectivity index (χ0) is 15.8. The Labute approximate surface area is 128 Å². The lowest BCUT2D eigenvalue weighted by molar-refractivity contribution is -0.143. The van der Waals surface area contributed by atoms with E-state index in [0.717, 1.165) is 12.8 Å². The van der Waals surface area contributed by atoms with Crippen LogP contribution in [0.1, 0.15) is 71.1 Å². The predicted octanol–water partition coefficient (Wildman–Crippen LogP) is 3.81. The monoisotopic (exact) mass is 301 g/mol. The number of ether oxygens (including phenoxy) is 2. The number of carbonyl (C=O) groups excluding carboxylic acids is 2. The van der Waals surface area contributed by atoms with Gasteiger partial charge in [-0.3, -0.25) is 0 Å². The Bertz CT molecular complexity index is 269. The highest BCUT2D eigenvalue weighted by Gasteiger charge is 2.05. The Hall–Kier alpha value is -1.26. The molecular formula is C16H31NO4. The zero-order valence-electron chi connectivity index (χ0n) is 13.6. The minimum atomic E-state index is -0.559. The van der Waals surface area contributed by atoms with Gasteiger partial charge in [-0.25, -0.2) is 9.59 Å². The van der Waals surface area contributed by atoms with Gasteiger partial charge in [0.15, 0.2) is 6.61 Å². The fraction of sp³-hybridized carbons (Fsp3) is 0.875. The number of hydrogen-bond acceptors (Lipinski definition) is 4. The van der Waals surface area contributed by atoms with Crippen molar-refractivity contribution in [1.29, 1.82) is 0 Å². The molecule has 124 valence electrons. The molecule has 0 rings (SSSR count). The van der Waals surface area contributed by atoms with Crippen molar-refractivity contribution in [2.75, 3.05) is 20.3 Å². The Morgan fingerprint density at radius 3 is 1.90 bits per heavy atom. The number of nitrogens with one attached hydrogen (secondary N) is 1. The van der Waals surface area contributed by atoms with E-state index in [-0.39, 0.29) is 6.61 Å². The van der Waals surface area contributed by atoms with Crippen molar-refractivity contribution < 1.29 is 19.1 Å². The fourth-order valence-corrected chi connectivity index (χ4v) is 2.04. The van der Waals surface area contributed by atoms with E-state index in [9.17, 15) is 9.59 Å². The smallest absolute Gasteiger partial charge is 0.407 e. The van der Waals surface area contributed by atoms with Crippen LogP contribution in [-0.4, -0.2) is 32.3 Å². The molecule has 0 saturated heterocycles. The topological polar surface area (TPSA) is 64.6 Å². The van der Waals surface area contributed by atoms with E-state index in [0.29, 0.717) is 6.54 Å². The summed E-state index contributed by atoms with van der Waals surface area (Å²) in [6.45, 7) is 2.50. The molecule has 0 aromatic rings. The summed E-state index contributed by atoms with van der Waals surface area (Å²) in [5, 5.41) is 2.62. The predicted molar refractivity (Wildman–Crippen MR) is 83.2 cm³/mol. The van der Waals surface area contributed by atoms with Crippen molar-refractivity contribution in [2.24, 2.45) is 0 Å².